The van der Waals surface area contributed by atoms with Crippen molar-refractivity contribution in [1.29, 1.82) is 0 Å². The summed E-state index contributed by atoms with van der Waals surface area (Å²) in [6.45, 7) is 7.48. The average molecular weight is 282 g/mol. The number of likely N-dealkylation sites (tertiary alicyclic amines) is 1. The van der Waals surface area contributed by atoms with Crippen LogP contribution in [0.15, 0.2) is 0 Å². The van der Waals surface area contributed by atoms with Crippen LogP contribution in [0, 0.1) is 5.92 Å². The van der Waals surface area contributed by atoms with E-state index in [0.717, 1.165) is 25.9 Å². The van der Waals surface area contributed by atoms with Gasteiger partial charge in [-0.05, 0) is 58.9 Å². The number of carbonyl (C=O) groups excluding carboxylic acids is 2. The highest BCUT2D eigenvalue weighted by Crippen LogP contribution is 2.27. The van der Waals surface area contributed by atoms with Gasteiger partial charge in [0.05, 0.1) is 6.54 Å². The van der Waals surface area contributed by atoms with Gasteiger partial charge in [0.25, 0.3) is 0 Å². The van der Waals surface area contributed by atoms with Gasteiger partial charge in [0.15, 0.2) is 0 Å². The van der Waals surface area contributed by atoms with Crippen LogP contribution in [0.4, 0.5) is 0 Å². The monoisotopic (exact) mass is 282 g/mol. The molecular weight excluding hydrogens is 256 g/mol. The molecule has 0 radical (unpaired) electrons. The summed E-state index contributed by atoms with van der Waals surface area (Å²) < 4.78 is 5.43. The minimum atomic E-state index is -0.473. The molecule has 114 valence electrons. The first kappa shape index (κ1) is 15.3. The molecule has 0 spiro atoms. The lowest BCUT2D eigenvalue weighted by molar-refractivity contribution is -0.160. The van der Waals surface area contributed by atoms with E-state index in [2.05, 4.69) is 5.32 Å². The van der Waals surface area contributed by atoms with Gasteiger partial charge in [-0.2, -0.15) is 0 Å². The third-order valence-electron chi connectivity index (χ3n) is 3.67. The molecule has 5 heteroatoms. The van der Waals surface area contributed by atoms with Gasteiger partial charge in [-0.15, -0.1) is 0 Å². The molecule has 1 heterocycles. The Morgan fingerprint density at radius 3 is 2.55 bits per heavy atom. The molecule has 0 aromatic carbocycles. The Morgan fingerprint density at radius 1 is 1.25 bits per heavy atom. The van der Waals surface area contributed by atoms with Crippen molar-refractivity contribution in [2.45, 2.75) is 58.1 Å². The van der Waals surface area contributed by atoms with Crippen molar-refractivity contribution in [3.8, 4) is 0 Å². The molecule has 1 aliphatic heterocycles. The summed E-state index contributed by atoms with van der Waals surface area (Å²) in [5, 5.41) is 2.95. The number of carbonyl (C=O) groups is 2. The van der Waals surface area contributed by atoms with Crippen molar-refractivity contribution in [2.24, 2.45) is 5.92 Å². The number of rotatable bonds is 5. The zero-order valence-electron chi connectivity index (χ0n) is 12.8. The topological polar surface area (TPSA) is 58.6 Å². The fourth-order valence-electron chi connectivity index (χ4n) is 2.47. The summed E-state index contributed by atoms with van der Waals surface area (Å²) in [6.07, 6.45) is 4.18. The van der Waals surface area contributed by atoms with Crippen LogP contribution in [-0.2, 0) is 14.3 Å². The summed E-state index contributed by atoms with van der Waals surface area (Å²) in [5.41, 5.74) is -0.473. The Morgan fingerprint density at radius 2 is 1.95 bits per heavy atom. The number of nitrogens with one attached hydrogen (secondary N) is 1. The molecule has 2 fully saturated rings. The van der Waals surface area contributed by atoms with Crippen LogP contribution in [0.3, 0.4) is 0 Å². The smallest absolute Gasteiger partial charge is 0.323 e. The molecule has 1 aliphatic carbocycles. The lowest BCUT2D eigenvalue weighted by atomic mass is 10.1. The first-order valence-electron chi connectivity index (χ1n) is 7.59. The van der Waals surface area contributed by atoms with E-state index < -0.39 is 5.60 Å². The van der Waals surface area contributed by atoms with Gasteiger partial charge >= 0.3 is 5.97 Å². The summed E-state index contributed by atoms with van der Waals surface area (Å²) in [4.78, 5) is 26.0. The molecule has 0 aromatic rings. The van der Waals surface area contributed by atoms with E-state index >= 15 is 0 Å². The first-order chi connectivity index (χ1) is 9.35. The number of esters is 1. The molecule has 1 saturated carbocycles. The number of ether oxygens (including phenoxy) is 1. The van der Waals surface area contributed by atoms with E-state index in [4.69, 9.17) is 4.74 Å². The van der Waals surface area contributed by atoms with Crippen LogP contribution < -0.4 is 5.32 Å². The fraction of sp³-hybridized carbons (Fsp3) is 0.867. The first-order valence-corrected chi connectivity index (χ1v) is 7.59. The summed E-state index contributed by atoms with van der Waals surface area (Å²) in [7, 11) is 0. The maximum Gasteiger partial charge on any atom is 0.323 e. The third kappa shape index (κ3) is 4.78. The second-order valence-corrected chi connectivity index (χ2v) is 6.91. The van der Waals surface area contributed by atoms with E-state index in [9.17, 15) is 9.59 Å². The quantitative estimate of drug-likeness (QED) is 0.773. The third-order valence-corrected chi connectivity index (χ3v) is 3.67. The van der Waals surface area contributed by atoms with E-state index in [1.807, 2.05) is 25.7 Å². The predicted octanol–water partition coefficient (Wildman–Crippen LogP) is 1.32. The van der Waals surface area contributed by atoms with Gasteiger partial charge in [0, 0.05) is 6.54 Å². The largest absolute Gasteiger partial charge is 0.459 e. The van der Waals surface area contributed by atoms with E-state index in [-0.39, 0.29) is 17.9 Å². The highest BCUT2D eigenvalue weighted by molar-refractivity contribution is 5.81. The minimum Gasteiger partial charge on any atom is -0.459 e. The molecule has 1 amide bonds. The Bertz CT molecular complexity index is 372. The molecular formula is C15H26N2O3. The molecule has 0 bridgehead atoms. The van der Waals surface area contributed by atoms with Gasteiger partial charge < -0.3 is 10.1 Å². The summed E-state index contributed by atoms with van der Waals surface area (Å²) >= 11 is 0. The van der Waals surface area contributed by atoms with E-state index in [1.165, 1.54) is 12.8 Å². The van der Waals surface area contributed by atoms with Crippen molar-refractivity contribution in [3.63, 3.8) is 0 Å². The van der Waals surface area contributed by atoms with Gasteiger partial charge in [-0.1, -0.05) is 0 Å². The van der Waals surface area contributed by atoms with Crippen LogP contribution in [0.5, 0.6) is 0 Å². The normalized spacial score (nSPS) is 23.6. The second-order valence-electron chi connectivity index (χ2n) is 6.91. The average Bonchev–Trinajstić information content (AvgIpc) is 3.03. The zero-order chi connectivity index (χ0) is 14.8. The molecule has 0 aromatic heterocycles. The van der Waals surface area contributed by atoms with Crippen LogP contribution in [-0.4, -0.2) is 48.1 Å². The second kappa shape index (κ2) is 6.12. The number of nitrogens with zero attached hydrogens (tertiary/aromatic N) is 1. The minimum absolute atomic E-state index is 0.0207. The van der Waals surface area contributed by atoms with E-state index in [0.29, 0.717) is 12.5 Å². The Hall–Kier alpha value is -1.10. The zero-order valence-corrected chi connectivity index (χ0v) is 12.8. The number of hydrogen-bond acceptors (Lipinski definition) is 4. The predicted molar refractivity (Wildman–Crippen MR) is 76.2 cm³/mol. The number of amides is 1. The standard InChI is InChI=1S/C15H26N2O3/c1-15(2,3)20-14(19)12-5-4-8-17(12)10-13(18)16-9-11-6-7-11/h11-12H,4-10H2,1-3H3,(H,16,18)/t12-/m0/s1. The fourth-order valence-corrected chi connectivity index (χ4v) is 2.47. The molecule has 20 heavy (non-hydrogen) atoms. The Labute approximate surface area is 121 Å². The molecule has 1 N–H and O–H groups in total. The van der Waals surface area contributed by atoms with Gasteiger partial charge in [0.2, 0.25) is 5.91 Å². The Kier molecular flexibility index (Phi) is 4.68. The molecule has 1 saturated heterocycles. The van der Waals surface area contributed by atoms with Crippen LogP contribution in [0.1, 0.15) is 46.5 Å². The van der Waals surface area contributed by atoms with Crippen LogP contribution in [0.25, 0.3) is 0 Å². The van der Waals surface area contributed by atoms with Crippen molar-refractivity contribution < 1.29 is 14.3 Å². The van der Waals surface area contributed by atoms with Gasteiger partial charge in [0.1, 0.15) is 11.6 Å². The highest BCUT2D eigenvalue weighted by Gasteiger charge is 2.35. The van der Waals surface area contributed by atoms with Crippen molar-refractivity contribution in [3.05, 3.63) is 0 Å². The van der Waals surface area contributed by atoms with Crippen molar-refractivity contribution in [1.82, 2.24) is 10.2 Å². The summed E-state index contributed by atoms with van der Waals surface area (Å²) in [6, 6.07) is -0.263. The molecule has 0 unspecified atom stereocenters. The Balaban J connectivity index is 1.79. The van der Waals surface area contributed by atoms with Gasteiger partial charge in [-0.25, -0.2) is 0 Å². The van der Waals surface area contributed by atoms with Crippen molar-refractivity contribution in [2.75, 3.05) is 19.6 Å². The lowest BCUT2D eigenvalue weighted by Gasteiger charge is -2.26. The lowest BCUT2D eigenvalue weighted by Crippen LogP contribution is -2.45. The SMILES string of the molecule is CC(C)(C)OC(=O)[C@@H]1CCCN1CC(=O)NCC1CC1. The maximum absolute atomic E-state index is 12.1. The maximum atomic E-state index is 12.1. The van der Waals surface area contributed by atoms with Crippen molar-refractivity contribution >= 4 is 11.9 Å². The van der Waals surface area contributed by atoms with Gasteiger partial charge in [-0.3, -0.25) is 14.5 Å². The highest BCUT2D eigenvalue weighted by atomic mass is 16.6. The summed E-state index contributed by atoms with van der Waals surface area (Å²) in [5.74, 6) is 0.497. The molecule has 2 aliphatic rings. The molecule has 5 nitrogen and oxygen atoms in total. The van der Waals surface area contributed by atoms with E-state index in [1.54, 1.807) is 0 Å². The van der Waals surface area contributed by atoms with Crippen LogP contribution in [0.2, 0.25) is 0 Å². The molecule has 2 rings (SSSR count). The van der Waals surface area contributed by atoms with Crippen LogP contribution >= 0.6 is 0 Å². The number of hydrogen-bond donors (Lipinski definition) is 1. The molecule has 1 atom stereocenters.